The third kappa shape index (κ3) is 7.72. The van der Waals surface area contributed by atoms with Gasteiger partial charge in [0.1, 0.15) is 23.6 Å². The number of aliphatic hydroxyl groups is 2. The van der Waals surface area contributed by atoms with Crippen molar-refractivity contribution in [3.8, 4) is 39.5 Å². The number of fused-ring (bicyclic) bond motifs is 5. The SMILES string of the molecule is COC(O)NC(C(=O)N1CCCC1c1ncc(-c2ccc3c(c2)OC(c2ccccc2)n2c-3cc3cc(-c4cnc(C5CCCN5C(O)C(N)C(C)OC)[nH]4)ccc32)[nH]1)C(C)C. The molecule has 7 N–H and O–H groups in total. The highest BCUT2D eigenvalue weighted by molar-refractivity contribution is 5.92. The fourth-order valence-corrected chi connectivity index (χ4v) is 9.46. The molecule has 8 unspecified atom stereocenters. The summed E-state index contributed by atoms with van der Waals surface area (Å²) in [6, 6.07) is 23.7. The van der Waals surface area contributed by atoms with Gasteiger partial charge >= 0.3 is 0 Å². The third-order valence-electron chi connectivity index (χ3n) is 13.0. The van der Waals surface area contributed by atoms with E-state index in [9.17, 15) is 15.0 Å². The molecule has 8 atom stereocenters. The van der Waals surface area contributed by atoms with Gasteiger partial charge in [-0.1, -0.05) is 56.3 Å². The number of likely N-dealkylation sites (tertiary alicyclic amines) is 2. The number of carbonyl (C=O) groups excluding carboxylic acids is 1. The third-order valence-corrected chi connectivity index (χ3v) is 13.0. The number of benzene rings is 3. The molecule has 62 heavy (non-hydrogen) atoms. The zero-order chi connectivity index (χ0) is 43.2. The number of hydrogen-bond donors (Lipinski definition) is 6. The van der Waals surface area contributed by atoms with Crippen LogP contribution < -0.4 is 15.8 Å². The fourth-order valence-electron chi connectivity index (χ4n) is 9.46. The summed E-state index contributed by atoms with van der Waals surface area (Å²) in [6.07, 6.45) is 4.33. The summed E-state index contributed by atoms with van der Waals surface area (Å²) in [5.41, 5.74) is 14.1. The van der Waals surface area contributed by atoms with Gasteiger partial charge in [0.2, 0.25) is 18.5 Å². The molecule has 15 heteroatoms. The summed E-state index contributed by atoms with van der Waals surface area (Å²) in [4.78, 5) is 34.4. The van der Waals surface area contributed by atoms with Gasteiger partial charge in [0.15, 0.2) is 0 Å². The van der Waals surface area contributed by atoms with Crippen molar-refractivity contribution in [3.63, 3.8) is 0 Å². The lowest BCUT2D eigenvalue weighted by Gasteiger charge is -2.34. The lowest BCUT2D eigenvalue weighted by molar-refractivity contribution is -0.145. The van der Waals surface area contributed by atoms with Gasteiger partial charge in [0.05, 0.1) is 65.3 Å². The highest BCUT2D eigenvalue weighted by Gasteiger charge is 2.39. The lowest BCUT2D eigenvalue weighted by Crippen LogP contribution is -2.53. The number of rotatable bonds is 14. The van der Waals surface area contributed by atoms with Crippen LogP contribution in [0.4, 0.5) is 0 Å². The Balaban J connectivity index is 1.01. The molecule has 9 rings (SSSR count). The molecule has 0 spiro atoms. The van der Waals surface area contributed by atoms with Crippen LogP contribution >= 0.6 is 0 Å². The molecule has 15 nitrogen and oxygen atoms in total. The molecule has 3 aromatic heterocycles. The van der Waals surface area contributed by atoms with Crippen molar-refractivity contribution >= 4 is 16.8 Å². The molecule has 6 heterocycles. The van der Waals surface area contributed by atoms with E-state index in [4.69, 9.17) is 29.9 Å². The Morgan fingerprint density at radius 1 is 0.871 bits per heavy atom. The molecular formula is C47H57N9O6. The Labute approximate surface area is 361 Å². The van der Waals surface area contributed by atoms with Gasteiger partial charge < -0.3 is 49.6 Å². The Hall–Kier alpha value is -5.39. The van der Waals surface area contributed by atoms with E-state index in [1.807, 2.05) is 61.2 Å². The first kappa shape index (κ1) is 41.9. The number of carbonyl (C=O) groups is 1. The van der Waals surface area contributed by atoms with Crippen molar-refractivity contribution in [1.82, 2.24) is 39.6 Å². The van der Waals surface area contributed by atoms with E-state index < -0.39 is 31.0 Å². The van der Waals surface area contributed by atoms with Crippen molar-refractivity contribution in [2.24, 2.45) is 11.7 Å². The van der Waals surface area contributed by atoms with Crippen LogP contribution in [-0.4, -0.2) is 109 Å². The first-order valence-corrected chi connectivity index (χ1v) is 21.7. The molecule has 3 aliphatic rings. The Morgan fingerprint density at radius 2 is 1.55 bits per heavy atom. The maximum Gasteiger partial charge on any atom is 0.240 e. The van der Waals surface area contributed by atoms with Crippen molar-refractivity contribution in [1.29, 1.82) is 0 Å². The highest BCUT2D eigenvalue weighted by Crippen LogP contribution is 2.46. The molecular weight excluding hydrogens is 787 g/mol. The van der Waals surface area contributed by atoms with Gasteiger partial charge in [-0.15, -0.1) is 0 Å². The van der Waals surface area contributed by atoms with Crippen molar-refractivity contribution in [3.05, 3.63) is 102 Å². The second-order valence-electron chi connectivity index (χ2n) is 17.1. The maximum atomic E-state index is 13.8. The highest BCUT2D eigenvalue weighted by atomic mass is 16.6. The monoisotopic (exact) mass is 843 g/mol. The Morgan fingerprint density at radius 3 is 2.26 bits per heavy atom. The molecule has 326 valence electrons. The van der Waals surface area contributed by atoms with E-state index >= 15 is 0 Å². The van der Waals surface area contributed by atoms with Gasteiger partial charge in [-0.25, -0.2) is 9.97 Å². The summed E-state index contributed by atoms with van der Waals surface area (Å²) in [5, 5.41) is 25.3. The summed E-state index contributed by atoms with van der Waals surface area (Å²) in [5.74, 6) is 2.13. The fraction of sp³-hybridized carbons (Fsp3) is 0.426. The van der Waals surface area contributed by atoms with Crippen LogP contribution in [0, 0.1) is 5.92 Å². The first-order valence-electron chi connectivity index (χ1n) is 21.7. The summed E-state index contributed by atoms with van der Waals surface area (Å²) >= 11 is 0. The summed E-state index contributed by atoms with van der Waals surface area (Å²) in [6.45, 7) is 7.10. The molecule has 0 aliphatic carbocycles. The van der Waals surface area contributed by atoms with Gasteiger partial charge in [-0.05, 0) is 68.9 Å². The number of nitrogens with one attached hydrogen (secondary N) is 3. The van der Waals surface area contributed by atoms with Crippen LogP contribution in [0.2, 0.25) is 0 Å². The predicted molar refractivity (Wildman–Crippen MR) is 235 cm³/mol. The number of amides is 1. The number of nitrogens with two attached hydrogens (primary N) is 1. The standard InChI is InChI=1S/C47H57N9O6/c1-26(2)41(53-47(59)61-5)45(58)55-20-10-14-37(55)43-50-25-34(52-43)30-15-17-32-38-22-31-21-29(16-18-35(31)56(38)46(62-39(32)23-30)28-11-7-6-8-12-28)33-24-49-42(51-33)36-13-9-19-54(36)44(57)40(48)27(3)60-4/h6-8,11-12,15-18,21-27,36-37,40-41,44,46-47,53,57,59H,9-10,13-14,19-20,48H2,1-5H3,(H,49,51)(H,50,52). The predicted octanol–water partition coefficient (Wildman–Crippen LogP) is 6.05. The first-order chi connectivity index (χ1) is 30.0. The molecule has 3 aliphatic heterocycles. The van der Waals surface area contributed by atoms with Crippen molar-refractivity contribution in [2.45, 2.75) is 95.6 Å². The molecule has 0 radical (unpaired) electrons. The average Bonchev–Trinajstić information content (AvgIpc) is 4.15. The minimum Gasteiger partial charge on any atom is -0.465 e. The summed E-state index contributed by atoms with van der Waals surface area (Å²) in [7, 11) is 3.00. The Bertz CT molecular complexity index is 2520. The van der Waals surface area contributed by atoms with Gasteiger partial charge in [0.25, 0.3) is 0 Å². The molecule has 2 fully saturated rings. The van der Waals surface area contributed by atoms with Crippen LogP contribution in [0.25, 0.3) is 44.7 Å². The normalized spacial score (nSPS) is 21.4. The number of aromatic amines is 2. The molecule has 6 aromatic rings. The number of aliphatic hydroxyl groups excluding tert-OH is 2. The number of aromatic nitrogens is 5. The quantitative estimate of drug-likeness (QED) is 0.0701. The lowest BCUT2D eigenvalue weighted by atomic mass is 10.0. The van der Waals surface area contributed by atoms with Crippen LogP contribution in [0.1, 0.15) is 82.0 Å². The second kappa shape index (κ2) is 17.4. The number of H-pyrrole nitrogens is 2. The average molecular weight is 844 g/mol. The molecule has 2 saturated heterocycles. The van der Waals surface area contributed by atoms with E-state index in [-0.39, 0.29) is 30.0 Å². The van der Waals surface area contributed by atoms with E-state index in [2.05, 4.69) is 74.4 Å². The largest absolute Gasteiger partial charge is 0.465 e. The topological polar surface area (TPSA) is 192 Å². The minimum absolute atomic E-state index is 0.0625. The second-order valence-corrected chi connectivity index (χ2v) is 17.1. The van der Waals surface area contributed by atoms with E-state index in [0.717, 1.165) is 99.9 Å². The zero-order valence-corrected chi connectivity index (χ0v) is 35.9. The molecule has 3 aromatic carbocycles. The molecule has 0 saturated carbocycles. The van der Waals surface area contributed by atoms with E-state index in [1.54, 1.807) is 7.11 Å². The maximum absolute atomic E-state index is 13.8. The number of nitrogens with zero attached hydrogens (tertiary/aromatic N) is 5. The number of hydrogen-bond acceptors (Lipinski definition) is 11. The number of ether oxygens (including phenoxy) is 3. The zero-order valence-electron chi connectivity index (χ0n) is 35.9. The van der Waals surface area contributed by atoms with E-state index in [0.29, 0.717) is 6.54 Å². The van der Waals surface area contributed by atoms with E-state index in [1.165, 1.54) is 7.11 Å². The Kier molecular flexibility index (Phi) is 11.8. The number of imidazole rings is 2. The van der Waals surface area contributed by atoms with Gasteiger partial charge in [-0.2, -0.15) is 0 Å². The van der Waals surface area contributed by atoms with Crippen LogP contribution in [0.3, 0.4) is 0 Å². The van der Waals surface area contributed by atoms with Crippen LogP contribution in [0.15, 0.2) is 85.2 Å². The van der Waals surface area contributed by atoms with Crippen LogP contribution in [0.5, 0.6) is 5.75 Å². The number of methoxy groups -OCH3 is 2. The van der Waals surface area contributed by atoms with Gasteiger partial charge in [-0.3, -0.25) is 15.0 Å². The smallest absolute Gasteiger partial charge is 0.240 e. The van der Waals surface area contributed by atoms with Gasteiger partial charge in [0, 0.05) is 54.9 Å². The van der Waals surface area contributed by atoms with Crippen molar-refractivity contribution in [2.75, 3.05) is 27.3 Å². The minimum atomic E-state index is -1.24. The van der Waals surface area contributed by atoms with Crippen molar-refractivity contribution < 1.29 is 29.2 Å². The summed E-state index contributed by atoms with van der Waals surface area (Å²) < 4.78 is 19.6. The molecule has 0 bridgehead atoms. The molecule has 1 amide bonds. The van der Waals surface area contributed by atoms with Crippen LogP contribution in [-0.2, 0) is 14.3 Å².